The average Bonchev–Trinajstić information content (AvgIpc) is 2.58. The maximum atomic E-state index is 11.0. The molecule has 3 unspecified atom stereocenters. The van der Waals surface area contributed by atoms with E-state index in [4.69, 9.17) is 5.84 Å². The zero-order valence-corrected chi connectivity index (χ0v) is 11.1. The van der Waals surface area contributed by atoms with Crippen LogP contribution in [0.3, 0.4) is 0 Å². The van der Waals surface area contributed by atoms with Crippen LogP contribution < -0.4 is 11.3 Å². The summed E-state index contributed by atoms with van der Waals surface area (Å²) in [5, 5.41) is 0. The van der Waals surface area contributed by atoms with Crippen LogP contribution in [0.1, 0.15) is 39.0 Å². The summed E-state index contributed by atoms with van der Waals surface area (Å²) in [4.78, 5) is 0. The highest BCUT2D eigenvalue weighted by Gasteiger charge is 2.27. The van der Waals surface area contributed by atoms with Crippen LogP contribution in [-0.2, 0) is 9.84 Å². The Kier molecular flexibility index (Phi) is 5.21. The number of hydrogen-bond acceptors (Lipinski definition) is 4. The highest BCUT2D eigenvalue weighted by atomic mass is 32.2. The third kappa shape index (κ3) is 4.80. The molecule has 3 N–H and O–H groups in total. The van der Waals surface area contributed by atoms with Gasteiger partial charge in [0, 0.05) is 18.1 Å². The molecule has 0 aromatic carbocycles. The second-order valence-corrected chi connectivity index (χ2v) is 7.48. The summed E-state index contributed by atoms with van der Waals surface area (Å²) in [6.07, 6.45) is 6.56. The minimum Gasteiger partial charge on any atom is -0.271 e. The molecule has 1 rings (SSSR count). The van der Waals surface area contributed by atoms with Gasteiger partial charge in [0.25, 0.3) is 0 Å². The Morgan fingerprint density at radius 1 is 1.44 bits per heavy atom. The molecule has 0 saturated heterocycles. The fourth-order valence-corrected chi connectivity index (χ4v) is 3.33. The van der Waals surface area contributed by atoms with Gasteiger partial charge in [-0.1, -0.05) is 13.3 Å². The molecule has 0 radical (unpaired) electrons. The Morgan fingerprint density at radius 2 is 2.12 bits per heavy atom. The summed E-state index contributed by atoms with van der Waals surface area (Å²) in [6, 6.07) is 0.284. The van der Waals surface area contributed by atoms with E-state index < -0.39 is 9.84 Å². The van der Waals surface area contributed by atoms with Crippen LogP contribution in [0, 0.1) is 11.8 Å². The van der Waals surface area contributed by atoms with Crippen LogP contribution >= 0.6 is 0 Å². The van der Waals surface area contributed by atoms with E-state index in [9.17, 15) is 8.42 Å². The molecule has 3 atom stereocenters. The fourth-order valence-electron chi connectivity index (χ4n) is 2.64. The molecule has 5 heteroatoms. The first kappa shape index (κ1) is 13.9. The molecule has 0 amide bonds. The Hall–Kier alpha value is -0.130. The lowest BCUT2D eigenvalue weighted by atomic mass is 9.94. The summed E-state index contributed by atoms with van der Waals surface area (Å²) in [5.41, 5.74) is 2.86. The van der Waals surface area contributed by atoms with Crippen molar-refractivity contribution in [2.45, 2.75) is 45.1 Å². The Bertz CT molecular complexity index is 303. The van der Waals surface area contributed by atoms with Gasteiger partial charge in [-0.05, 0) is 37.5 Å². The monoisotopic (exact) mass is 248 g/mol. The molecule has 1 aliphatic carbocycles. The maximum Gasteiger partial charge on any atom is 0.147 e. The number of sulfone groups is 1. The molecule has 1 aliphatic rings. The quantitative estimate of drug-likeness (QED) is 0.545. The van der Waals surface area contributed by atoms with Gasteiger partial charge in [0.05, 0.1) is 0 Å². The summed E-state index contributed by atoms with van der Waals surface area (Å²) >= 11 is 0. The lowest BCUT2D eigenvalue weighted by molar-refractivity contribution is 0.335. The normalized spacial score (nSPS) is 28.2. The SMILES string of the molecule is CC1CCC(C(CCCS(C)(=O)=O)NN)C1. The zero-order valence-electron chi connectivity index (χ0n) is 10.3. The first-order valence-electron chi connectivity index (χ1n) is 6.06. The first-order chi connectivity index (χ1) is 7.42. The minimum absolute atomic E-state index is 0.271. The largest absolute Gasteiger partial charge is 0.271 e. The first-order valence-corrected chi connectivity index (χ1v) is 8.12. The molecule has 1 fully saturated rings. The fraction of sp³-hybridized carbons (Fsp3) is 1.00. The predicted molar refractivity (Wildman–Crippen MR) is 66.6 cm³/mol. The Morgan fingerprint density at radius 3 is 2.56 bits per heavy atom. The predicted octanol–water partition coefficient (Wildman–Crippen LogP) is 1.08. The second kappa shape index (κ2) is 5.98. The van der Waals surface area contributed by atoms with E-state index in [1.807, 2.05) is 0 Å². The molecular formula is C11H24N2O2S. The van der Waals surface area contributed by atoms with E-state index in [2.05, 4.69) is 12.3 Å². The maximum absolute atomic E-state index is 11.0. The summed E-state index contributed by atoms with van der Waals surface area (Å²) in [6.45, 7) is 2.27. The molecule has 0 aromatic rings. The third-order valence-corrected chi connectivity index (χ3v) is 4.58. The summed E-state index contributed by atoms with van der Waals surface area (Å²) < 4.78 is 22.0. The van der Waals surface area contributed by atoms with Crippen LogP contribution in [-0.4, -0.2) is 26.5 Å². The Balaban J connectivity index is 2.32. The van der Waals surface area contributed by atoms with E-state index in [1.165, 1.54) is 25.5 Å². The van der Waals surface area contributed by atoms with E-state index >= 15 is 0 Å². The van der Waals surface area contributed by atoms with Crippen LogP contribution in [0.25, 0.3) is 0 Å². The van der Waals surface area contributed by atoms with Gasteiger partial charge in [-0.2, -0.15) is 0 Å². The Labute approximate surface area is 98.9 Å². The van der Waals surface area contributed by atoms with Crippen LogP contribution in [0.4, 0.5) is 0 Å². The molecule has 1 saturated carbocycles. The average molecular weight is 248 g/mol. The molecule has 0 aromatic heterocycles. The highest BCUT2D eigenvalue weighted by Crippen LogP contribution is 2.33. The van der Waals surface area contributed by atoms with Crippen LogP contribution in [0.2, 0.25) is 0 Å². The smallest absolute Gasteiger partial charge is 0.147 e. The molecule has 4 nitrogen and oxygen atoms in total. The van der Waals surface area contributed by atoms with Gasteiger partial charge in [0.15, 0.2) is 0 Å². The number of rotatable bonds is 6. The van der Waals surface area contributed by atoms with Gasteiger partial charge in [-0.15, -0.1) is 0 Å². The minimum atomic E-state index is -2.83. The zero-order chi connectivity index (χ0) is 12.2. The number of hydrogen-bond donors (Lipinski definition) is 2. The topological polar surface area (TPSA) is 72.2 Å². The summed E-state index contributed by atoms with van der Waals surface area (Å²) in [7, 11) is -2.83. The van der Waals surface area contributed by atoms with Crippen LogP contribution in [0.15, 0.2) is 0 Å². The van der Waals surface area contributed by atoms with Gasteiger partial charge in [-0.3, -0.25) is 11.3 Å². The van der Waals surface area contributed by atoms with Crippen molar-refractivity contribution in [2.24, 2.45) is 17.7 Å². The molecule has 0 bridgehead atoms. The van der Waals surface area contributed by atoms with E-state index in [-0.39, 0.29) is 11.8 Å². The lowest BCUT2D eigenvalue weighted by Crippen LogP contribution is -2.40. The highest BCUT2D eigenvalue weighted by molar-refractivity contribution is 7.90. The van der Waals surface area contributed by atoms with Gasteiger partial charge in [0.2, 0.25) is 0 Å². The third-order valence-electron chi connectivity index (χ3n) is 3.55. The molecule has 0 heterocycles. The van der Waals surface area contributed by atoms with E-state index in [1.54, 1.807) is 0 Å². The van der Waals surface area contributed by atoms with Gasteiger partial charge >= 0.3 is 0 Å². The van der Waals surface area contributed by atoms with Gasteiger partial charge in [0.1, 0.15) is 9.84 Å². The van der Waals surface area contributed by atoms with Crippen molar-refractivity contribution in [1.82, 2.24) is 5.43 Å². The number of nitrogens with one attached hydrogen (secondary N) is 1. The number of hydrazine groups is 1. The van der Waals surface area contributed by atoms with E-state index in [0.717, 1.165) is 12.3 Å². The standard InChI is InChI=1S/C11H24N2O2S/c1-9-5-6-10(8-9)11(13-12)4-3-7-16(2,14)15/h9-11,13H,3-8,12H2,1-2H3. The van der Waals surface area contributed by atoms with Crippen molar-refractivity contribution >= 4 is 9.84 Å². The van der Waals surface area contributed by atoms with Crippen molar-refractivity contribution in [2.75, 3.05) is 12.0 Å². The van der Waals surface area contributed by atoms with Crippen LogP contribution in [0.5, 0.6) is 0 Å². The van der Waals surface area contributed by atoms with Crippen molar-refractivity contribution < 1.29 is 8.42 Å². The van der Waals surface area contributed by atoms with Gasteiger partial charge in [-0.25, -0.2) is 8.42 Å². The lowest BCUT2D eigenvalue weighted by Gasteiger charge is -2.22. The summed E-state index contributed by atoms with van der Waals surface area (Å²) in [5.74, 6) is 7.23. The second-order valence-electron chi connectivity index (χ2n) is 5.22. The van der Waals surface area contributed by atoms with Gasteiger partial charge < -0.3 is 0 Å². The number of nitrogens with two attached hydrogens (primary N) is 1. The molecule has 0 spiro atoms. The molecular weight excluding hydrogens is 224 g/mol. The molecule has 16 heavy (non-hydrogen) atoms. The van der Waals surface area contributed by atoms with Crippen molar-refractivity contribution in [3.8, 4) is 0 Å². The van der Waals surface area contributed by atoms with E-state index in [0.29, 0.717) is 12.3 Å². The molecule has 96 valence electrons. The van der Waals surface area contributed by atoms with Crippen molar-refractivity contribution in [3.05, 3.63) is 0 Å². The van der Waals surface area contributed by atoms with Crippen molar-refractivity contribution in [3.63, 3.8) is 0 Å². The van der Waals surface area contributed by atoms with Crippen molar-refractivity contribution in [1.29, 1.82) is 0 Å². The molecule has 0 aliphatic heterocycles.